The first-order valence-corrected chi connectivity index (χ1v) is 6.67. The molecular formula is C13H28N2O. The molecule has 0 spiro atoms. The van der Waals surface area contributed by atoms with E-state index in [1.807, 2.05) is 0 Å². The number of rotatable bonds is 9. The van der Waals surface area contributed by atoms with Crippen molar-refractivity contribution in [2.45, 2.75) is 58.2 Å². The molecule has 0 aromatic rings. The zero-order chi connectivity index (χ0) is 12.0. The molecule has 0 aromatic heterocycles. The molecule has 0 saturated heterocycles. The lowest BCUT2D eigenvalue weighted by Gasteiger charge is -2.30. The van der Waals surface area contributed by atoms with Crippen LogP contribution in [-0.4, -0.2) is 49.8 Å². The SMILES string of the molecule is CCC(C)NCC(C)N(CCOC)C1CC1. The van der Waals surface area contributed by atoms with Crippen molar-refractivity contribution in [3.8, 4) is 0 Å². The third-order valence-corrected chi connectivity index (χ3v) is 3.51. The van der Waals surface area contributed by atoms with E-state index in [1.165, 1.54) is 19.3 Å². The molecule has 0 aromatic carbocycles. The lowest BCUT2D eigenvalue weighted by molar-refractivity contribution is 0.117. The highest BCUT2D eigenvalue weighted by molar-refractivity contribution is 4.88. The van der Waals surface area contributed by atoms with Crippen LogP contribution in [-0.2, 0) is 4.74 Å². The summed E-state index contributed by atoms with van der Waals surface area (Å²) in [5.41, 5.74) is 0. The first-order valence-electron chi connectivity index (χ1n) is 6.67. The van der Waals surface area contributed by atoms with Gasteiger partial charge < -0.3 is 10.1 Å². The third-order valence-electron chi connectivity index (χ3n) is 3.51. The van der Waals surface area contributed by atoms with Crippen LogP contribution in [0.5, 0.6) is 0 Å². The molecule has 0 radical (unpaired) electrons. The summed E-state index contributed by atoms with van der Waals surface area (Å²) in [5.74, 6) is 0. The quantitative estimate of drug-likeness (QED) is 0.652. The van der Waals surface area contributed by atoms with Crippen LogP contribution in [0.25, 0.3) is 0 Å². The summed E-state index contributed by atoms with van der Waals surface area (Å²) in [6, 6.07) is 2.08. The smallest absolute Gasteiger partial charge is 0.0589 e. The summed E-state index contributed by atoms with van der Waals surface area (Å²) >= 11 is 0. The number of nitrogens with one attached hydrogen (secondary N) is 1. The number of hydrogen-bond donors (Lipinski definition) is 1. The minimum atomic E-state index is 0.622. The van der Waals surface area contributed by atoms with Crippen LogP contribution >= 0.6 is 0 Å². The summed E-state index contributed by atoms with van der Waals surface area (Å²) in [6.45, 7) is 9.82. The molecule has 2 atom stereocenters. The Hall–Kier alpha value is -0.120. The second-order valence-electron chi connectivity index (χ2n) is 5.03. The Labute approximate surface area is 101 Å². The molecule has 96 valence electrons. The number of hydrogen-bond acceptors (Lipinski definition) is 3. The second-order valence-corrected chi connectivity index (χ2v) is 5.03. The van der Waals surface area contributed by atoms with Crippen LogP contribution in [0.2, 0.25) is 0 Å². The minimum Gasteiger partial charge on any atom is -0.383 e. The standard InChI is InChI=1S/C13H28N2O/c1-5-11(2)14-10-12(3)15(8-9-16-4)13-6-7-13/h11-14H,5-10H2,1-4H3. The van der Waals surface area contributed by atoms with Crippen LogP contribution < -0.4 is 5.32 Å². The molecular weight excluding hydrogens is 200 g/mol. The maximum Gasteiger partial charge on any atom is 0.0589 e. The number of ether oxygens (including phenoxy) is 1. The van der Waals surface area contributed by atoms with Gasteiger partial charge in [-0.05, 0) is 33.1 Å². The predicted molar refractivity (Wildman–Crippen MR) is 68.8 cm³/mol. The molecule has 3 nitrogen and oxygen atoms in total. The Morgan fingerprint density at radius 1 is 1.38 bits per heavy atom. The Morgan fingerprint density at radius 2 is 2.06 bits per heavy atom. The number of nitrogens with zero attached hydrogens (tertiary/aromatic N) is 1. The van der Waals surface area contributed by atoms with Crippen molar-refractivity contribution in [3.05, 3.63) is 0 Å². The fraction of sp³-hybridized carbons (Fsp3) is 1.00. The van der Waals surface area contributed by atoms with E-state index in [-0.39, 0.29) is 0 Å². The molecule has 1 saturated carbocycles. The average molecular weight is 228 g/mol. The van der Waals surface area contributed by atoms with Crippen LogP contribution in [0.15, 0.2) is 0 Å². The second kappa shape index (κ2) is 7.25. The maximum atomic E-state index is 5.19. The van der Waals surface area contributed by atoms with Gasteiger partial charge in [0.25, 0.3) is 0 Å². The first-order chi connectivity index (χ1) is 7.69. The largest absolute Gasteiger partial charge is 0.383 e. The molecule has 0 heterocycles. The van der Waals surface area contributed by atoms with Gasteiger partial charge in [0.1, 0.15) is 0 Å². The number of methoxy groups -OCH3 is 1. The maximum absolute atomic E-state index is 5.19. The molecule has 1 N–H and O–H groups in total. The molecule has 2 unspecified atom stereocenters. The van der Waals surface area contributed by atoms with Gasteiger partial charge in [0.15, 0.2) is 0 Å². The first kappa shape index (κ1) is 13.9. The lowest BCUT2D eigenvalue weighted by Crippen LogP contribution is -2.45. The highest BCUT2D eigenvalue weighted by atomic mass is 16.5. The molecule has 0 bridgehead atoms. The normalized spacial score (nSPS) is 20.1. The molecule has 1 aliphatic rings. The van der Waals surface area contributed by atoms with Crippen molar-refractivity contribution in [1.29, 1.82) is 0 Å². The molecule has 1 rings (SSSR count). The van der Waals surface area contributed by atoms with Gasteiger partial charge in [-0.1, -0.05) is 6.92 Å². The summed E-state index contributed by atoms with van der Waals surface area (Å²) in [5, 5.41) is 3.59. The Balaban J connectivity index is 2.26. The highest BCUT2D eigenvalue weighted by Crippen LogP contribution is 2.28. The molecule has 16 heavy (non-hydrogen) atoms. The topological polar surface area (TPSA) is 24.5 Å². The van der Waals surface area contributed by atoms with Crippen molar-refractivity contribution < 1.29 is 4.74 Å². The molecule has 0 amide bonds. The van der Waals surface area contributed by atoms with Crippen molar-refractivity contribution in [2.75, 3.05) is 26.8 Å². The zero-order valence-corrected chi connectivity index (χ0v) is 11.3. The van der Waals surface area contributed by atoms with E-state index >= 15 is 0 Å². The summed E-state index contributed by atoms with van der Waals surface area (Å²) in [7, 11) is 1.78. The monoisotopic (exact) mass is 228 g/mol. The van der Waals surface area contributed by atoms with E-state index in [4.69, 9.17) is 4.74 Å². The van der Waals surface area contributed by atoms with Gasteiger partial charge in [-0.3, -0.25) is 4.90 Å². The summed E-state index contributed by atoms with van der Waals surface area (Å²) in [4.78, 5) is 2.60. The van der Waals surface area contributed by atoms with Gasteiger partial charge in [0.2, 0.25) is 0 Å². The Kier molecular flexibility index (Phi) is 6.32. The molecule has 0 aliphatic heterocycles. The van der Waals surface area contributed by atoms with Crippen molar-refractivity contribution in [3.63, 3.8) is 0 Å². The minimum absolute atomic E-state index is 0.622. The van der Waals surface area contributed by atoms with Gasteiger partial charge >= 0.3 is 0 Å². The fourth-order valence-electron chi connectivity index (χ4n) is 2.00. The van der Waals surface area contributed by atoms with E-state index in [2.05, 4.69) is 31.0 Å². The highest BCUT2D eigenvalue weighted by Gasteiger charge is 2.31. The van der Waals surface area contributed by atoms with Crippen LogP contribution in [0.3, 0.4) is 0 Å². The molecule has 1 fully saturated rings. The van der Waals surface area contributed by atoms with Crippen molar-refractivity contribution in [1.82, 2.24) is 10.2 Å². The van der Waals surface area contributed by atoms with E-state index in [1.54, 1.807) is 7.11 Å². The van der Waals surface area contributed by atoms with Crippen LogP contribution in [0.1, 0.15) is 40.0 Å². The van der Waals surface area contributed by atoms with E-state index in [0.717, 1.165) is 25.7 Å². The molecule has 1 aliphatic carbocycles. The summed E-state index contributed by atoms with van der Waals surface area (Å²) in [6.07, 6.45) is 3.95. The average Bonchev–Trinajstić information content (AvgIpc) is 3.10. The lowest BCUT2D eigenvalue weighted by atomic mass is 10.2. The third kappa shape index (κ3) is 4.81. The molecule has 3 heteroatoms. The van der Waals surface area contributed by atoms with E-state index < -0.39 is 0 Å². The van der Waals surface area contributed by atoms with Gasteiger partial charge in [-0.2, -0.15) is 0 Å². The van der Waals surface area contributed by atoms with E-state index in [9.17, 15) is 0 Å². The summed E-state index contributed by atoms with van der Waals surface area (Å²) < 4.78 is 5.19. The Bertz CT molecular complexity index is 183. The van der Waals surface area contributed by atoms with Gasteiger partial charge in [-0.15, -0.1) is 0 Å². The van der Waals surface area contributed by atoms with Gasteiger partial charge in [0.05, 0.1) is 6.61 Å². The van der Waals surface area contributed by atoms with Crippen molar-refractivity contribution >= 4 is 0 Å². The van der Waals surface area contributed by atoms with Crippen LogP contribution in [0, 0.1) is 0 Å². The Morgan fingerprint density at radius 3 is 2.56 bits per heavy atom. The zero-order valence-electron chi connectivity index (χ0n) is 11.3. The van der Waals surface area contributed by atoms with Gasteiger partial charge in [-0.25, -0.2) is 0 Å². The fourth-order valence-corrected chi connectivity index (χ4v) is 2.00. The predicted octanol–water partition coefficient (Wildman–Crippen LogP) is 1.87. The van der Waals surface area contributed by atoms with E-state index in [0.29, 0.717) is 12.1 Å². The van der Waals surface area contributed by atoms with Crippen LogP contribution in [0.4, 0.5) is 0 Å². The van der Waals surface area contributed by atoms with Gasteiger partial charge in [0, 0.05) is 38.3 Å². The van der Waals surface area contributed by atoms with Crippen molar-refractivity contribution in [2.24, 2.45) is 0 Å².